The van der Waals surface area contributed by atoms with Gasteiger partial charge < -0.3 is 10.1 Å². The van der Waals surface area contributed by atoms with Gasteiger partial charge in [-0.25, -0.2) is 0 Å². The van der Waals surface area contributed by atoms with Crippen molar-refractivity contribution in [3.8, 4) is 5.75 Å². The van der Waals surface area contributed by atoms with Gasteiger partial charge in [0.1, 0.15) is 5.75 Å². The van der Waals surface area contributed by atoms with Gasteiger partial charge in [-0.1, -0.05) is 25.1 Å². The lowest BCUT2D eigenvalue weighted by atomic mass is 10.0. The molecule has 21 heavy (non-hydrogen) atoms. The highest BCUT2D eigenvalue weighted by Crippen LogP contribution is 2.35. The molecule has 0 amide bonds. The summed E-state index contributed by atoms with van der Waals surface area (Å²) < 4.78 is 42.8. The van der Waals surface area contributed by atoms with Gasteiger partial charge >= 0.3 is 6.36 Å². The summed E-state index contributed by atoms with van der Waals surface area (Å²) in [6.45, 7) is 2.55. The van der Waals surface area contributed by atoms with Gasteiger partial charge in [-0.3, -0.25) is 0 Å². The van der Waals surface area contributed by atoms with E-state index < -0.39 is 6.36 Å². The maximum absolute atomic E-state index is 12.5. The van der Waals surface area contributed by atoms with Crippen LogP contribution in [0.15, 0.2) is 35.7 Å². The minimum Gasteiger partial charge on any atom is -0.405 e. The average Bonchev–Trinajstić information content (AvgIpc) is 2.82. The number of rotatable bonds is 5. The average molecular weight is 427 g/mol. The van der Waals surface area contributed by atoms with Crippen molar-refractivity contribution in [2.45, 2.75) is 19.3 Å². The Labute approximate surface area is 138 Å². The van der Waals surface area contributed by atoms with Crippen molar-refractivity contribution in [1.29, 1.82) is 0 Å². The summed E-state index contributed by atoms with van der Waals surface area (Å²) >= 11 is 3.75. The lowest BCUT2D eigenvalue weighted by Crippen LogP contribution is -2.24. The van der Waals surface area contributed by atoms with Crippen molar-refractivity contribution < 1.29 is 17.9 Å². The lowest BCUT2D eigenvalue weighted by molar-refractivity contribution is -0.275. The molecule has 1 atom stereocenters. The summed E-state index contributed by atoms with van der Waals surface area (Å²) in [7, 11) is 0. The number of ether oxygens (including phenoxy) is 1. The van der Waals surface area contributed by atoms with Gasteiger partial charge in [0.25, 0.3) is 0 Å². The van der Waals surface area contributed by atoms with E-state index >= 15 is 0 Å². The van der Waals surface area contributed by atoms with Crippen molar-refractivity contribution in [3.63, 3.8) is 0 Å². The molecule has 2 rings (SSSR count). The van der Waals surface area contributed by atoms with E-state index in [-0.39, 0.29) is 11.8 Å². The highest BCUT2D eigenvalue weighted by Gasteiger charge is 2.33. The van der Waals surface area contributed by atoms with E-state index in [1.54, 1.807) is 23.5 Å². The van der Waals surface area contributed by atoms with Crippen molar-refractivity contribution in [3.05, 3.63) is 49.7 Å². The molecule has 1 heterocycles. The number of thiophene rings is 1. The molecule has 114 valence electrons. The van der Waals surface area contributed by atoms with Crippen LogP contribution < -0.4 is 10.1 Å². The Morgan fingerprint density at radius 3 is 2.62 bits per heavy atom. The summed E-state index contributed by atoms with van der Waals surface area (Å²) in [5.74, 6) is -0.169. The highest BCUT2D eigenvalue weighted by atomic mass is 127. The Kier molecular flexibility index (Phi) is 5.50. The lowest BCUT2D eigenvalue weighted by Gasteiger charge is -2.21. The molecular weight excluding hydrogens is 414 g/mol. The fourth-order valence-electron chi connectivity index (χ4n) is 2.02. The fraction of sp³-hybridized carbons (Fsp3) is 0.286. The third-order valence-electron chi connectivity index (χ3n) is 2.79. The first kappa shape index (κ1) is 16.6. The zero-order chi connectivity index (χ0) is 15.5. The molecule has 1 unspecified atom stereocenters. The van der Waals surface area contributed by atoms with Crippen LogP contribution in [0.5, 0.6) is 5.75 Å². The number of hydrogen-bond acceptors (Lipinski definition) is 3. The number of alkyl halides is 3. The molecule has 1 aromatic carbocycles. The second-order valence-corrected chi connectivity index (χ2v) is 7.07. The first-order valence-corrected chi connectivity index (χ1v) is 8.18. The van der Waals surface area contributed by atoms with E-state index in [0.717, 1.165) is 8.45 Å². The Morgan fingerprint density at radius 1 is 1.33 bits per heavy atom. The van der Waals surface area contributed by atoms with Crippen LogP contribution in [-0.4, -0.2) is 12.9 Å². The summed E-state index contributed by atoms with van der Waals surface area (Å²) in [6, 6.07) is 7.87. The molecule has 1 aromatic heterocycles. The number of hydrogen-bond donors (Lipinski definition) is 1. The molecule has 0 aliphatic heterocycles. The maximum atomic E-state index is 12.5. The molecule has 0 fully saturated rings. The fourth-order valence-corrected chi connectivity index (χ4v) is 3.42. The van der Waals surface area contributed by atoms with E-state index in [0.29, 0.717) is 12.1 Å². The molecule has 0 radical (unpaired) electrons. The van der Waals surface area contributed by atoms with E-state index in [9.17, 15) is 13.2 Å². The molecule has 0 spiro atoms. The van der Waals surface area contributed by atoms with Crippen LogP contribution in [-0.2, 0) is 0 Å². The van der Waals surface area contributed by atoms with Crippen molar-refractivity contribution in [2.24, 2.45) is 0 Å². The predicted octanol–water partition coefficient (Wildman–Crippen LogP) is 4.95. The standard InChI is InChI=1S/C14H13F3INOS/c1-2-19-13(9-7-12(18)21-8-9)10-5-3-4-6-11(10)20-14(15,16)17/h3-8,13,19H,2H2,1H3. The highest BCUT2D eigenvalue weighted by molar-refractivity contribution is 14.1. The van der Waals surface area contributed by atoms with Crippen molar-refractivity contribution >= 4 is 33.9 Å². The van der Waals surface area contributed by atoms with Crippen molar-refractivity contribution in [2.75, 3.05) is 6.54 Å². The van der Waals surface area contributed by atoms with Gasteiger partial charge in [0.05, 0.1) is 8.93 Å². The van der Waals surface area contributed by atoms with Crippen LogP contribution in [0.4, 0.5) is 13.2 Å². The molecule has 0 saturated heterocycles. The number of para-hydroxylation sites is 1. The Morgan fingerprint density at radius 2 is 2.05 bits per heavy atom. The van der Waals surface area contributed by atoms with Gasteiger partial charge in [-0.05, 0) is 52.2 Å². The van der Waals surface area contributed by atoms with E-state index in [1.165, 1.54) is 12.1 Å². The largest absolute Gasteiger partial charge is 0.573 e. The summed E-state index contributed by atoms with van der Waals surface area (Å²) in [5.41, 5.74) is 1.41. The minimum atomic E-state index is -4.70. The summed E-state index contributed by atoms with van der Waals surface area (Å²) in [4.78, 5) is 0. The number of nitrogens with one attached hydrogen (secondary N) is 1. The minimum absolute atomic E-state index is 0.169. The van der Waals surface area contributed by atoms with Gasteiger partial charge in [0, 0.05) is 5.56 Å². The number of benzene rings is 1. The summed E-state index contributed by atoms with van der Waals surface area (Å²) in [6.07, 6.45) is -4.70. The van der Waals surface area contributed by atoms with Crippen LogP contribution in [0, 0.1) is 2.88 Å². The summed E-state index contributed by atoms with van der Waals surface area (Å²) in [5, 5.41) is 5.15. The molecule has 7 heteroatoms. The Balaban J connectivity index is 2.41. The smallest absolute Gasteiger partial charge is 0.405 e. The molecule has 0 bridgehead atoms. The molecule has 2 aromatic rings. The molecule has 2 nitrogen and oxygen atoms in total. The first-order valence-electron chi connectivity index (χ1n) is 6.22. The molecule has 1 N–H and O–H groups in total. The molecule has 0 aliphatic rings. The van der Waals surface area contributed by atoms with Gasteiger partial charge in [-0.2, -0.15) is 0 Å². The third-order valence-corrected chi connectivity index (χ3v) is 4.59. The monoisotopic (exact) mass is 427 g/mol. The quantitative estimate of drug-likeness (QED) is 0.682. The predicted molar refractivity (Wildman–Crippen MR) is 85.7 cm³/mol. The van der Waals surface area contributed by atoms with Crippen LogP contribution in [0.3, 0.4) is 0 Å². The van der Waals surface area contributed by atoms with Gasteiger partial charge in [-0.15, -0.1) is 24.5 Å². The van der Waals surface area contributed by atoms with Crippen LogP contribution in [0.1, 0.15) is 24.1 Å². The molecule has 0 saturated carbocycles. The van der Waals surface area contributed by atoms with E-state index in [2.05, 4.69) is 32.6 Å². The van der Waals surface area contributed by atoms with Crippen molar-refractivity contribution in [1.82, 2.24) is 5.32 Å². The van der Waals surface area contributed by atoms with Crippen LogP contribution in [0.25, 0.3) is 0 Å². The van der Waals surface area contributed by atoms with Gasteiger partial charge in [0.2, 0.25) is 0 Å². The zero-order valence-corrected chi connectivity index (χ0v) is 14.1. The Bertz CT molecular complexity index is 600. The zero-order valence-electron chi connectivity index (χ0n) is 11.1. The topological polar surface area (TPSA) is 21.3 Å². The normalized spacial score (nSPS) is 13.2. The third kappa shape index (κ3) is 4.58. The van der Waals surface area contributed by atoms with E-state index in [4.69, 9.17) is 0 Å². The Hall–Kier alpha value is -0.800. The van der Waals surface area contributed by atoms with Gasteiger partial charge in [0.15, 0.2) is 0 Å². The first-order chi connectivity index (χ1) is 9.90. The maximum Gasteiger partial charge on any atom is 0.573 e. The molecule has 0 aliphatic carbocycles. The second-order valence-electron chi connectivity index (χ2n) is 4.26. The van der Waals surface area contributed by atoms with E-state index in [1.807, 2.05) is 18.4 Å². The SMILES string of the molecule is CCNC(c1csc(I)c1)c1ccccc1OC(F)(F)F. The second kappa shape index (κ2) is 6.97. The van der Waals surface area contributed by atoms with Crippen LogP contribution >= 0.6 is 33.9 Å². The molecular formula is C14H13F3INOS. The number of halogens is 4. The van der Waals surface area contributed by atoms with Crippen LogP contribution in [0.2, 0.25) is 0 Å².